The third-order valence-electron chi connectivity index (χ3n) is 2.89. The number of carbonyl (C=O) groups is 1. The Kier molecular flexibility index (Phi) is 4.07. The Morgan fingerprint density at radius 1 is 1.65 bits per heavy atom. The van der Waals surface area contributed by atoms with E-state index in [0.29, 0.717) is 19.0 Å². The van der Waals surface area contributed by atoms with Crippen molar-refractivity contribution in [2.75, 3.05) is 19.0 Å². The second-order valence-corrected chi connectivity index (χ2v) is 5.92. The van der Waals surface area contributed by atoms with Crippen molar-refractivity contribution in [3.8, 4) is 0 Å². The lowest BCUT2D eigenvalue weighted by atomic mass is 10.2. The summed E-state index contributed by atoms with van der Waals surface area (Å²) in [6.07, 6.45) is -0.0436. The van der Waals surface area contributed by atoms with E-state index in [4.69, 9.17) is 16.3 Å². The average molecular weight is 274 g/mol. The molecule has 1 aliphatic heterocycles. The zero-order valence-electron chi connectivity index (χ0n) is 9.98. The maximum Gasteiger partial charge on any atom is 0.264 e. The zero-order valence-corrected chi connectivity index (χ0v) is 11.6. The molecular formula is C12H16ClNO2S. The number of alkyl halides is 1. The lowest BCUT2D eigenvalue weighted by molar-refractivity contribution is -0.0370. The first-order valence-electron chi connectivity index (χ1n) is 5.66. The normalized spacial score (nSPS) is 25.0. The Labute approximate surface area is 110 Å². The van der Waals surface area contributed by atoms with E-state index in [1.807, 2.05) is 30.9 Å². The average Bonchev–Trinajstić information content (AvgIpc) is 2.76. The quantitative estimate of drug-likeness (QED) is 0.775. The van der Waals surface area contributed by atoms with Crippen LogP contribution in [0.25, 0.3) is 0 Å². The van der Waals surface area contributed by atoms with E-state index in [-0.39, 0.29) is 18.1 Å². The SMILES string of the molecule is Cc1ccc(C(=O)N2CC(CCl)OCC2C)s1. The molecule has 1 aromatic heterocycles. The molecule has 0 aliphatic carbocycles. The molecule has 2 rings (SSSR count). The summed E-state index contributed by atoms with van der Waals surface area (Å²) in [5, 5.41) is 0. The van der Waals surface area contributed by atoms with Gasteiger partial charge in [0.1, 0.15) is 0 Å². The van der Waals surface area contributed by atoms with Gasteiger partial charge in [0, 0.05) is 11.4 Å². The zero-order chi connectivity index (χ0) is 12.4. The summed E-state index contributed by atoms with van der Waals surface area (Å²) in [5.41, 5.74) is 0. The van der Waals surface area contributed by atoms with E-state index in [1.54, 1.807) is 0 Å². The molecule has 94 valence electrons. The van der Waals surface area contributed by atoms with Gasteiger partial charge in [0.05, 0.1) is 29.5 Å². The Morgan fingerprint density at radius 3 is 3.00 bits per heavy atom. The smallest absolute Gasteiger partial charge is 0.264 e. The third-order valence-corrected chi connectivity index (χ3v) is 4.22. The van der Waals surface area contributed by atoms with Crippen LogP contribution in [-0.4, -0.2) is 42.0 Å². The van der Waals surface area contributed by atoms with E-state index in [9.17, 15) is 4.79 Å². The summed E-state index contributed by atoms with van der Waals surface area (Å²) >= 11 is 7.32. The second kappa shape index (κ2) is 5.38. The highest BCUT2D eigenvalue weighted by Gasteiger charge is 2.30. The van der Waals surface area contributed by atoms with Crippen LogP contribution in [0, 0.1) is 6.92 Å². The first-order chi connectivity index (χ1) is 8.11. The number of ether oxygens (including phenoxy) is 1. The topological polar surface area (TPSA) is 29.5 Å². The number of nitrogens with zero attached hydrogens (tertiary/aromatic N) is 1. The van der Waals surface area contributed by atoms with E-state index in [0.717, 1.165) is 9.75 Å². The first-order valence-corrected chi connectivity index (χ1v) is 7.02. The van der Waals surface area contributed by atoms with Crippen molar-refractivity contribution in [3.05, 3.63) is 21.9 Å². The van der Waals surface area contributed by atoms with Crippen molar-refractivity contribution >= 4 is 28.8 Å². The number of hydrogen-bond acceptors (Lipinski definition) is 3. The van der Waals surface area contributed by atoms with Crippen molar-refractivity contribution < 1.29 is 9.53 Å². The summed E-state index contributed by atoms with van der Waals surface area (Å²) < 4.78 is 5.54. The molecule has 2 unspecified atom stereocenters. The van der Waals surface area contributed by atoms with Crippen LogP contribution in [0.5, 0.6) is 0 Å². The maximum atomic E-state index is 12.3. The van der Waals surface area contributed by atoms with Gasteiger partial charge in [-0.3, -0.25) is 4.79 Å². The Hall–Kier alpha value is -0.580. The van der Waals surface area contributed by atoms with Crippen LogP contribution in [-0.2, 0) is 4.74 Å². The molecule has 1 aliphatic rings. The standard InChI is InChI=1S/C12H16ClNO2S/c1-8-7-16-10(5-13)6-14(8)12(15)11-4-3-9(2)17-11/h3-4,8,10H,5-7H2,1-2H3. The number of rotatable bonds is 2. The summed E-state index contributed by atoms with van der Waals surface area (Å²) in [7, 11) is 0. The highest BCUT2D eigenvalue weighted by molar-refractivity contribution is 7.13. The number of hydrogen-bond donors (Lipinski definition) is 0. The van der Waals surface area contributed by atoms with Gasteiger partial charge in [-0.2, -0.15) is 0 Å². The molecule has 0 N–H and O–H groups in total. The van der Waals surface area contributed by atoms with Crippen molar-refractivity contribution in [1.82, 2.24) is 4.90 Å². The Morgan fingerprint density at radius 2 is 2.41 bits per heavy atom. The van der Waals surface area contributed by atoms with Crippen molar-refractivity contribution in [2.45, 2.75) is 26.0 Å². The molecule has 1 aromatic rings. The lowest BCUT2D eigenvalue weighted by Crippen LogP contribution is -2.51. The molecule has 1 fully saturated rings. The highest BCUT2D eigenvalue weighted by atomic mass is 35.5. The van der Waals surface area contributed by atoms with Crippen LogP contribution in [0.15, 0.2) is 12.1 Å². The number of amides is 1. The molecule has 1 amide bonds. The van der Waals surface area contributed by atoms with Crippen LogP contribution in [0.4, 0.5) is 0 Å². The molecule has 0 spiro atoms. The minimum absolute atomic E-state index is 0.0436. The van der Waals surface area contributed by atoms with Gasteiger partial charge in [-0.1, -0.05) is 0 Å². The van der Waals surface area contributed by atoms with Crippen LogP contribution >= 0.6 is 22.9 Å². The monoisotopic (exact) mass is 273 g/mol. The predicted octanol–water partition coefficient (Wildman–Crippen LogP) is 2.52. The van der Waals surface area contributed by atoms with Crippen LogP contribution in [0.3, 0.4) is 0 Å². The largest absolute Gasteiger partial charge is 0.373 e. The van der Waals surface area contributed by atoms with E-state index >= 15 is 0 Å². The fourth-order valence-corrected chi connectivity index (χ4v) is 2.90. The van der Waals surface area contributed by atoms with Crippen LogP contribution in [0.1, 0.15) is 21.5 Å². The van der Waals surface area contributed by atoms with Crippen LogP contribution in [0.2, 0.25) is 0 Å². The molecule has 0 bridgehead atoms. The molecule has 2 atom stereocenters. The van der Waals surface area contributed by atoms with Crippen molar-refractivity contribution in [3.63, 3.8) is 0 Å². The summed E-state index contributed by atoms with van der Waals surface area (Å²) in [4.78, 5) is 16.1. The number of thiophene rings is 1. The summed E-state index contributed by atoms with van der Waals surface area (Å²) in [5.74, 6) is 0.522. The maximum absolute atomic E-state index is 12.3. The fourth-order valence-electron chi connectivity index (χ4n) is 1.88. The molecule has 1 saturated heterocycles. The molecule has 0 radical (unpaired) electrons. The third kappa shape index (κ3) is 2.81. The summed E-state index contributed by atoms with van der Waals surface area (Å²) in [6.45, 7) is 5.16. The first kappa shape index (κ1) is 12.9. The number of morpholine rings is 1. The second-order valence-electron chi connectivity index (χ2n) is 4.33. The molecule has 5 heteroatoms. The van der Waals surface area contributed by atoms with Gasteiger partial charge in [0.15, 0.2) is 0 Å². The number of carbonyl (C=O) groups excluding carboxylic acids is 1. The van der Waals surface area contributed by atoms with Crippen LogP contribution < -0.4 is 0 Å². The highest BCUT2D eigenvalue weighted by Crippen LogP contribution is 2.21. The fraction of sp³-hybridized carbons (Fsp3) is 0.583. The molecule has 17 heavy (non-hydrogen) atoms. The molecular weight excluding hydrogens is 258 g/mol. The van der Waals surface area contributed by atoms with Gasteiger partial charge < -0.3 is 9.64 Å². The van der Waals surface area contributed by atoms with E-state index < -0.39 is 0 Å². The van der Waals surface area contributed by atoms with Gasteiger partial charge >= 0.3 is 0 Å². The Balaban J connectivity index is 2.12. The van der Waals surface area contributed by atoms with E-state index in [2.05, 4.69) is 0 Å². The van der Waals surface area contributed by atoms with Gasteiger partial charge in [-0.25, -0.2) is 0 Å². The predicted molar refractivity (Wildman–Crippen MR) is 70.0 cm³/mol. The molecule has 3 nitrogen and oxygen atoms in total. The molecule has 2 heterocycles. The van der Waals surface area contributed by atoms with Gasteiger partial charge in [0.2, 0.25) is 0 Å². The molecule has 0 aromatic carbocycles. The minimum atomic E-state index is -0.0436. The molecule has 0 saturated carbocycles. The van der Waals surface area contributed by atoms with Crippen molar-refractivity contribution in [1.29, 1.82) is 0 Å². The summed E-state index contributed by atoms with van der Waals surface area (Å²) in [6, 6.07) is 3.98. The minimum Gasteiger partial charge on any atom is -0.373 e. The van der Waals surface area contributed by atoms with Gasteiger partial charge in [0.25, 0.3) is 5.91 Å². The van der Waals surface area contributed by atoms with Crippen molar-refractivity contribution in [2.24, 2.45) is 0 Å². The van der Waals surface area contributed by atoms with Gasteiger partial charge in [-0.05, 0) is 26.0 Å². The van der Waals surface area contributed by atoms with Gasteiger partial charge in [-0.15, -0.1) is 22.9 Å². The number of aryl methyl sites for hydroxylation is 1. The Bertz CT molecular complexity index is 407. The number of halogens is 1. The van der Waals surface area contributed by atoms with E-state index in [1.165, 1.54) is 11.3 Å². The lowest BCUT2D eigenvalue weighted by Gasteiger charge is -2.37.